The van der Waals surface area contributed by atoms with Crippen molar-refractivity contribution >= 4 is 29.7 Å². The Kier molecular flexibility index (Phi) is 5.23. The molecule has 0 unspecified atom stereocenters. The van der Waals surface area contributed by atoms with Gasteiger partial charge < -0.3 is 15.2 Å². The minimum absolute atomic E-state index is 0.191. The van der Waals surface area contributed by atoms with Crippen LogP contribution in [0.3, 0.4) is 0 Å². The summed E-state index contributed by atoms with van der Waals surface area (Å²) in [7, 11) is 0. The minimum Gasteiger partial charge on any atom is -0.490 e. The van der Waals surface area contributed by atoms with Crippen LogP contribution < -0.4 is 15.2 Å². The van der Waals surface area contributed by atoms with Crippen molar-refractivity contribution in [3.63, 3.8) is 0 Å². The number of esters is 1. The monoisotopic (exact) mass is 336 g/mol. The van der Waals surface area contributed by atoms with Crippen molar-refractivity contribution in [2.24, 2.45) is 5.10 Å². The summed E-state index contributed by atoms with van der Waals surface area (Å²) in [6.07, 6.45) is 3.26. The van der Waals surface area contributed by atoms with Crippen LogP contribution in [0.25, 0.3) is 0 Å². The van der Waals surface area contributed by atoms with Crippen molar-refractivity contribution in [1.29, 1.82) is 0 Å². The molecule has 0 spiro atoms. The smallest absolute Gasteiger partial charge is 0.308 e. The first-order chi connectivity index (χ1) is 10.9. The van der Waals surface area contributed by atoms with Gasteiger partial charge in [0.25, 0.3) is 0 Å². The number of ether oxygens (including phenoxy) is 2. The number of nitrogen functional groups attached to an aromatic ring is 1. The fourth-order valence-electron chi connectivity index (χ4n) is 1.89. The Morgan fingerprint density at radius 2 is 2.26 bits per heavy atom. The van der Waals surface area contributed by atoms with Gasteiger partial charge in [0, 0.05) is 6.92 Å². The van der Waals surface area contributed by atoms with Gasteiger partial charge in [-0.1, -0.05) is 11.6 Å². The number of aromatic nitrogens is 2. The molecule has 1 aromatic heterocycles. The highest BCUT2D eigenvalue weighted by atomic mass is 35.5. The summed E-state index contributed by atoms with van der Waals surface area (Å²) in [6, 6.07) is 3.29. The lowest BCUT2D eigenvalue weighted by atomic mass is 10.2. The average Bonchev–Trinajstić information content (AvgIpc) is 2.78. The number of aryl methyl sites for hydroxylation is 1. The van der Waals surface area contributed by atoms with Gasteiger partial charge in [0.2, 0.25) is 5.95 Å². The van der Waals surface area contributed by atoms with E-state index in [0.717, 1.165) is 5.69 Å². The summed E-state index contributed by atoms with van der Waals surface area (Å²) in [4.78, 5) is 15.2. The molecule has 0 bridgehead atoms. The summed E-state index contributed by atoms with van der Waals surface area (Å²) < 4.78 is 12.0. The largest absolute Gasteiger partial charge is 0.490 e. The lowest BCUT2D eigenvalue weighted by molar-refractivity contribution is -0.132. The SMILES string of the molecule is CCOc1cc(C=Nn2cc(C)nc2N)cc(Cl)c1OC(C)=O. The van der Waals surface area contributed by atoms with Crippen LogP contribution in [0.4, 0.5) is 5.95 Å². The number of carbonyl (C=O) groups excluding carboxylic acids is 1. The number of nitrogens with two attached hydrogens (primary N) is 1. The van der Waals surface area contributed by atoms with Gasteiger partial charge in [-0.2, -0.15) is 5.10 Å². The predicted octanol–water partition coefficient (Wildman–Crippen LogP) is 2.63. The van der Waals surface area contributed by atoms with E-state index in [4.69, 9.17) is 26.8 Å². The molecule has 2 rings (SSSR count). The zero-order valence-corrected chi connectivity index (χ0v) is 13.8. The summed E-state index contributed by atoms with van der Waals surface area (Å²) in [5.74, 6) is 0.366. The second-order valence-electron chi connectivity index (χ2n) is 4.69. The molecule has 122 valence electrons. The zero-order chi connectivity index (χ0) is 17.0. The number of halogens is 1. The van der Waals surface area contributed by atoms with Gasteiger partial charge in [0.15, 0.2) is 11.5 Å². The molecule has 0 atom stereocenters. The van der Waals surface area contributed by atoms with Gasteiger partial charge in [0.05, 0.1) is 29.7 Å². The Bertz CT molecular complexity index is 755. The van der Waals surface area contributed by atoms with E-state index in [-0.39, 0.29) is 16.7 Å². The summed E-state index contributed by atoms with van der Waals surface area (Å²) in [6.45, 7) is 5.34. The fourth-order valence-corrected chi connectivity index (χ4v) is 2.15. The van der Waals surface area contributed by atoms with E-state index in [2.05, 4.69) is 10.1 Å². The number of hydrogen-bond acceptors (Lipinski definition) is 6. The van der Waals surface area contributed by atoms with E-state index in [1.165, 1.54) is 11.6 Å². The molecule has 1 aromatic carbocycles. The average molecular weight is 337 g/mol. The summed E-state index contributed by atoms with van der Waals surface area (Å²) in [5.41, 5.74) is 7.15. The van der Waals surface area contributed by atoms with E-state index >= 15 is 0 Å². The Morgan fingerprint density at radius 3 is 2.83 bits per heavy atom. The maximum absolute atomic E-state index is 11.2. The van der Waals surface area contributed by atoms with E-state index in [0.29, 0.717) is 17.9 Å². The second kappa shape index (κ2) is 7.15. The number of imidazole rings is 1. The number of benzene rings is 1. The van der Waals surface area contributed by atoms with E-state index < -0.39 is 5.97 Å². The molecule has 0 fully saturated rings. The van der Waals surface area contributed by atoms with Gasteiger partial charge in [-0.3, -0.25) is 4.79 Å². The van der Waals surface area contributed by atoms with Gasteiger partial charge in [-0.05, 0) is 31.5 Å². The Balaban J connectivity index is 2.36. The molecule has 0 saturated heterocycles. The molecule has 23 heavy (non-hydrogen) atoms. The number of carbonyl (C=O) groups is 1. The maximum Gasteiger partial charge on any atom is 0.308 e. The van der Waals surface area contributed by atoms with Crippen LogP contribution in [-0.4, -0.2) is 28.5 Å². The molecule has 1 heterocycles. The van der Waals surface area contributed by atoms with Crippen molar-refractivity contribution in [3.05, 3.63) is 34.6 Å². The molecule has 2 aromatic rings. The van der Waals surface area contributed by atoms with Gasteiger partial charge in [-0.15, -0.1) is 0 Å². The third-order valence-corrected chi connectivity index (χ3v) is 3.02. The number of rotatable bonds is 5. The predicted molar refractivity (Wildman–Crippen MR) is 88.3 cm³/mol. The third kappa shape index (κ3) is 4.23. The Labute approximate surface area is 138 Å². The molecule has 2 N–H and O–H groups in total. The van der Waals surface area contributed by atoms with Crippen molar-refractivity contribution in [2.45, 2.75) is 20.8 Å². The van der Waals surface area contributed by atoms with Crippen LogP contribution in [0.15, 0.2) is 23.4 Å². The lowest BCUT2D eigenvalue weighted by Gasteiger charge is -2.12. The van der Waals surface area contributed by atoms with Crippen LogP contribution in [0, 0.1) is 6.92 Å². The first kappa shape index (κ1) is 16.8. The molecule has 0 amide bonds. The highest BCUT2D eigenvalue weighted by Crippen LogP contribution is 2.36. The fraction of sp³-hybridized carbons (Fsp3) is 0.267. The summed E-state index contributed by atoms with van der Waals surface area (Å²) in [5, 5.41) is 4.46. The first-order valence-corrected chi connectivity index (χ1v) is 7.29. The number of nitrogens with zero attached hydrogens (tertiary/aromatic N) is 3. The van der Waals surface area contributed by atoms with Crippen LogP contribution in [0.5, 0.6) is 11.5 Å². The van der Waals surface area contributed by atoms with E-state index in [1.807, 2.05) is 13.8 Å². The van der Waals surface area contributed by atoms with Crippen LogP contribution >= 0.6 is 11.6 Å². The van der Waals surface area contributed by atoms with Crippen LogP contribution in [0.1, 0.15) is 25.1 Å². The van der Waals surface area contributed by atoms with Gasteiger partial charge in [-0.25, -0.2) is 9.66 Å². The minimum atomic E-state index is -0.476. The molecule has 0 aliphatic heterocycles. The second-order valence-corrected chi connectivity index (χ2v) is 5.09. The highest BCUT2D eigenvalue weighted by Gasteiger charge is 2.14. The van der Waals surface area contributed by atoms with E-state index in [1.54, 1.807) is 24.5 Å². The standard InChI is InChI=1S/C15H17ClN4O3/c1-4-22-13-6-11(5-12(16)14(13)23-10(3)21)7-18-20-8-9(2)19-15(20)17/h5-8H,4H2,1-3H3,(H2,17,19). The van der Waals surface area contributed by atoms with Gasteiger partial charge >= 0.3 is 5.97 Å². The molecular formula is C15H17ClN4O3. The lowest BCUT2D eigenvalue weighted by Crippen LogP contribution is -2.05. The molecule has 0 radical (unpaired) electrons. The van der Waals surface area contributed by atoms with Crippen LogP contribution in [-0.2, 0) is 4.79 Å². The molecule has 7 nitrogen and oxygen atoms in total. The van der Waals surface area contributed by atoms with Crippen molar-refractivity contribution in [2.75, 3.05) is 12.3 Å². The van der Waals surface area contributed by atoms with Crippen molar-refractivity contribution in [3.8, 4) is 11.5 Å². The van der Waals surface area contributed by atoms with Crippen LogP contribution in [0.2, 0.25) is 5.02 Å². The first-order valence-electron chi connectivity index (χ1n) is 6.91. The normalized spacial score (nSPS) is 11.0. The van der Waals surface area contributed by atoms with Crippen molar-refractivity contribution < 1.29 is 14.3 Å². The number of anilines is 1. The molecule has 0 aliphatic carbocycles. The Morgan fingerprint density at radius 1 is 1.52 bits per heavy atom. The number of hydrogen-bond donors (Lipinski definition) is 1. The quantitative estimate of drug-likeness (QED) is 0.515. The van der Waals surface area contributed by atoms with Crippen molar-refractivity contribution in [1.82, 2.24) is 9.66 Å². The maximum atomic E-state index is 11.2. The topological polar surface area (TPSA) is 91.7 Å². The van der Waals surface area contributed by atoms with E-state index in [9.17, 15) is 4.79 Å². The highest BCUT2D eigenvalue weighted by molar-refractivity contribution is 6.32. The zero-order valence-electron chi connectivity index (χ0n) is 13.0. The molecular weight excluding hydrogens is 320 g/mol. The molecule has 0 aliphatic rings. The third-order valence-electron chi connectivity index (χ3n) is 2.74. The van der Waals surface area contributed by atoms with Gasteiger partial charge in [0.1, 0.15) is 0 Å². The summed E-state index contributed by atoms with van der Waals surface area (Å²) >= 11 is 6.17. The Hall–Kier alpha value is -2.54. The molecule has 0 saturated carbocycles. The molecule has 8 heteroatoms.